The lowest BCUT2D eigenvalue weighted by Crippen LogP contribution is -2.40. The van der Waals surface area contributed by atoms with Crippen LogP contribution in [0.2, 0.25) is 0 Å². The van der Waals surface area contributed by atoms with E-state index in [1.54, 1.807) is 7.05 Å². The summed E-state index contributed by atoms with van der Waals surface area (Å²) in [6.07, 6.45) is 1.35. The molecule has 2 rings (SSSR count). The zero-order valence-corrected chi connectivity index (χ0v) is 12.9. The molecule has 0 aliphatic carbocycles. The monoisotopic (exact) mass is 344 g/mol. The van der Waals surface area contributed by atoms with Crippen molar-refractivity contribution in [3.8, 4) is 0 Å². The molecule has 1 saturated heterocycles. The van der Waals surface area contributed by atoms with E-state index in [1.807, 2.05) is 0 Å². The topological polar surface area (TPSA) is 49.4 Å². The molecule has 0 saturated carbocycles. The molecule has 0 aromatic heterocycles. The highest BCUT2D eigenvalue weighted by atomic mass is 35.5. The molecule has 1 atom stereocenters. The van der Waals surface area contributed by atoms with Crippen LogP contribution in [0.1, 0.15) is 12.8 Å². The predicted octanol–water partition coefficient (Wildman–Crippen LogP) is 1.90. The quantitative estimate of drug-likeness (QED) is 0.849. The van der Waals surface area contributed by atoms with Crippen molar-refractivity contribution in [2.24, 2.45) is 0 Å². The smallest absolute Gasteiger partial charge is 0.243 e. The molecule has 0 amide bonds. The van der Waals surface area contributed by atoms with Gasteiger partial charge < -0.3 is 5.32 Å². The van der Waals surface area contributed by atoms with E-state index in [0.29, 0.717) is 31.5 Å². The minimum Gasteiger partial charge on any atom is -0.318 e. The number of halogens is 4. The number of nitrogens with one attached hydrogen (secondary N) is 1. The van der Waals surface area contributed by atoms with E-state index in [1.165, 1.54) is 4.31 Å². The summed E-state index contributed by atoms with van der Waals surface area (Å²) < 4.78 is 65.2. The largest absolute Gasteiger partial charge is 0.318 e. The standard InChI is InChI=1S/C12H15F3N2O2S.ClH/c1-16-7-8-3-2-4-17(8)20(18,19)9-5-10(13)12(15)11(14)6-9;/h5-6,8,16H,2-4,7H2,1H3;1H. The number of rotatable bonds is 4. The molecule has 1 aromatic carbocycles. The van der Waals surface area contributed by atoms with Crippen LogP contribution in [0.4, 0.5) is 13.2 Å². The Morgan fingerprint density at radius 3 is 2.38 bits per heavy atom. The number of benzene rings is 1. The molecule has 1 aliphatic heterocycles. The average molecular weight is 345 g/mol. The zero-order chi connectivity index (χ0) is 14.9. The van der Waals surface area contributed by atoms with Crippen LogP contribution in [0.25, 0.3) is 0 Å². The summed E-state index contributed by atoms with van der Waals surface area (Å²) in [7, 11) is -2.33. The van der Waals surface area contributed by atoms with Crippen LogP contribution in [0, 0.1) is 17.5 Å². The minimum absolute atomic E-state index is 0. The fourth-order valence-electron chi connectivity index (χ4n) is 2.38. The highest BCUT2D eigenvalue weighted by molar-refractivity contribution is 7.89. The van der Waals surface area contributed by atoms with Gasteiger partial charge in [-0.15, -0.1) is 12.4 Å². The summed E-state index contributed by atoms with van der Waals surface area (Å²) >= 11 is 0. The first kappa shape index (κ1) is 18.2. The number of sulfonamides is 1. The predicted molar refractivity (Wildman–Crippen MR) is 74.4 cm³/mol. The van der Waals surface area contributed by atoms with Crippen LogP contribution in [0.5, 0.6) is 0 Å². The third-order valence-electron chi connectivity index (χ3n) is 3.33. The Morgan fingerprint density at radius 1 is 1.29 bits per heavy atom. The van der Waals surface area contributed by atoms with Crippen molar-refractivity contribution in [3.63, 3.8) is 0 Å². The number of nitrogens with zero attached hydrogens (tertiary/aromatic N) is 1. The Kier molecular flexibility index (Phi) is 6.03. The third kappa shape index (κ3) is 3.50. The normalized spacial score (nSPS) is 19.5. The second-order valence-corrected chi connectivity index (χ2v) is 6.56. The molecule has 0 spiro atoms. The number of hydrogen-bond acceptors (Lipinski definition) is 3. The molecule has 1 aliphatic rings. The van der Waals surface area contributed by atoms with Crippen LogP contribution in [-0.2, 0) is 10.0 Å². The van der Waals surface area contributed by atoms with Gasteiger partial charge in [0.25, 0.3) is 0 Å². The summed E-state index contributed by atoms with van der Waals surface area (Å²) in [6, 6.07) is 0.770. The van der Waals surface area contributed by atoms with Crippen LogP contribution < -0.4 is 5.32 Å². The second kappa shape index (κ2) is 6.95. The number of hydrogen-bond donors (Lipinski definition) is 1. The van der Waals surface area contributed by atoms with Crippen LogP contribution >= 0.6 is 12.4 Å². The first-order chi connectivity index (χ1) is 9.37. The molecular formula is C12H16ClF3N2O2S. The molecule has 1 unspecified atom stereocenters. The lowest BCUT2D eigenvalue weighted by Gasteiger charge is -2.24. The van der Waals surface area contributed by atoms with Crippen molar-refractivity contribution in [2.45, 2.75) is 23.8 Å². The van der Waals surface area contributed by atoms with Gasteiger partial charge in [-0.05, 0) is 32.0 Å². The lowest BCUT2D eigenvalue weighted by molar-refractivity contribution is 0.377. The van der Waals surface area contributed by atoms with Gasteiger partial charge in [-0.3, -0.25) is 0 Å². The van der Waals surface area contributed by atoms with E-state index < -0.39 is 32.4 Å². The first-order valence-electron chi connectivity index (χ1n) is 6.19. The Balaban J connectivity index is 0.00000220. The summed E-state index contributed by atoms with van der Waals surface area (Å²) in [6.45, 7) is 0.737. The molecule has 1 fully saturated rings. The van der Waals surface area contributed by atoms with Crippen molar-refractivity contribution in [1.29, 1.82) is 0 Å². The average Bonchev–Trinajstić information content (AvgIpc) is 2.84. The molecule has 21 heavy (non-hydrogen) atoms. The molecule has 4 nitrogen and oxygen atoms in total. The van der Waals surface area contributed by atoms with Crippen molar-refractivity contribution < 1.29 is 21.6 Å². The van der Waals surface area contributed by atoms with Crippen molar-refractivity contribution in [2.75, 3.05) is 20.1 Å². The zero-order valence-electron chi connectivity index (χ0n) is 11.3. The molecule has 1 aromatic rings. The maximum Gasteiger partial charge on any atom is 0.243 e. The van der Waals surface area contributed by atoms with E-state index in [4.69, 9.17) is 0 Å². The first-order valence-corrected chi connectivity index (χ1v) is 7.63. The van der Waals surface area contributed by atoms with E-state index in [0.717, 1.165) is 0 Å². The minimum atomic E-state index is -4.03. The molecule has 9 heteroatoms. The Hall–Kier alpha value is -0.830. The highest BCUT2D eigenvalue weighted by Crippen LogP contribution is 2.27. The van der Waals surface area contributed by atoms with Crippen LogP contribution in [0.3, 0.4) is 0 Å². The van der Waals surface area contributed by atoms with Crippen molar-refractivity contribution >= 4 is 22.4 Å². The maximum atomic E-state index is 13.2. The molecule has 1 heterocycles. The molecule has 0 bridgehead atoms. The SMILES string of the molecule is CNCC1CCCN1S(=O)(=O)c1cc(F)c(F)c(F)c1.Cl. The maximum absolute atomic E-state index is 13.2. The summed E-state index contributed by atoms with van der Waals surface area (Å²) in [5, 5.41) is 2.88. The van der Waals surface area contributed by atoms with Crippen molar-refractivity contribution in [1.82, 2.24) is 9.62 Å². The van der Waals surface area contributed by atoms with Gasteiger partial charge in [-0.25, -0.2) is 21.6 Å². The van der Waals surface area contributed by atoms with Gasteiger partial charge in [0, 0.05) is 19.1 Å². The Labute approximate surface area is 127 Å². The second-order valence-electron chi connectivity index (χ2n) is 4.67. The van der Waals surface area contributed by atoms with Crippen LogP contribution in [-0.4, -0.2) is 38.9 Å². The van der Waals surface area contributed by atoms with Crippen molar-refractivity contribution in [3.05, 3.63) is 29.6 Å². The van der Waals surface area contributed by atoms with E-state index >= 15 is 0 Å². The molecule has 120 valence electrons. The van der Waals surface area contributed by atoms with Gasteiger partial charge in [0.2, 0.25) is 10.0 Å². The van der Waals surface area contributed by atoms with Crippen LogP contribution in [0.15, 0.2) is 17.0 Å². The van der Waals surface area contributed by atoms with Gasteiger partial charge in [0.1, 0.15) is 0 Å². The molecular weight excluding hydrogens is 329 g/mol. The number of likely N-dealkylation sites (N-methyl/N-ethyl adjacent to an activating group) is 1. The Morgan fingerprint density at radius 2 is 1.86 bits per heavy atom. The van der Waals surface area contributed by atoms with E-state index in [2.05, 4.69) is 5.32 Å². The van der Waals surface area contributed by atoms with E-state index in [-0.39, 0.29) is 25.0 Å². The van der Waals surface area contributed by atoms with Gasteiger partial charge >= 0.3 is 0 Å². The summed E-state index contributed by atoms with van der Waals surface area (Å²) in [5.41, 5.74) is 0. The summed E-state index contributed by atoms with van der Waals surface area (Å²) in [4.78, 5) is -0.558. The van der Waals surface area contributed by atoms with E-state index in [9.17, 15) is 21.6 Å². The van der Waals surface area contributed by atoms with Gasteiger partial charge in [0.15, 0.2) is 17.5 Å². The summed E-state index contributed by atoms with van der Waals surface area (Å²) in [5.74, 6) is -4.68. The third-order valence-corrected chi connectivity index (χ3v) is 5.26. The van der Waals surface area contributed by atoms with Gasteiger partial charge in [0.05, 0.1) is 4.90 Å². The fraction of sp³-hybridized carbons (Fsp3) is 0.500. The Bertz CT molecular complexity index is 590. The van der Waals surface area contributed by atoms with Gasteiger partial charge in [-0.1, -0.05) is 0 Å². The highest BCUT2D eigenvalue weighted by Gasteiger charge is 2.35. The molecule has 0 radical (unpaired) electrons. The van der Waals surface area contributed by atoms with Gasteiger partial charge in [-0.2, -0.15) is 4.31 Å². The molecule has 1 N–H and O–H groups in total. The fourth-order valence-corrected chi connectivity index (χ4v) is 4.10. The lowest BCUT2D eigenvalue weighted by atomic mass is 10.2.